The molecule has 0 heterocycles. The Morgan fingerprint density at radius 1 is 1.29 bits per heavy atom. The number of hydrogen-bond donors (Lipinski definition) is 2. The van der Waals surface area contributed by atoms with Gasteiger partial charge in [0.1, 0.15) is 5.75 Å². The van der Waals surface area contributed by atoms with E-state index in [-0.39, 0.29) is 12.6 Å². The van der Waals surface area contributed by atoms with Gasteiger partial charge in [-0.1, -0.05) is 17.7 Å². The van der Waals surface area contributed by atoms with Gasteiger partial charge < -0.3 is 15.6 Å². The van der Waals surface area contributed by atoms with Gasteiger partial charge in [0.05, 0.1) is 6.61 Å². The molecule has 0 amide bonds. The summed E-state index contributed by atoms with van der Waals surface area (Å²) in [5.74, 6) is 0.884. The molecule has 0 saturated carbocycles. The lowest BCUT2D eigenvalue weighted by Crippen LogP contribution is -2.09. The summed E-state index contributed by atoms with van der Waals surface area (Å²) in [4.78, 5) is 0. The molecule has 0 aromatic heterocycles. The Hall–Kier alpha value is -1.06. The molecular formula is C14H23NO2. The molecule has 3 heteroatoms. The summed E-state index contributed by atoms with van der Waals surface area (Å²) in [5.41, 5.74) is 8.18. The van der Waals surface area contributed by atoms with Crippen LogP contribution in [0.4, 0.5) is 0 Å². The molecule has 17 heavy (non-hydrogen) atoms. The van der Waals surface area contributed by atoms with E-state index in [4.69, 9.17) is 15.6 Å². The van der Waals surface area contributed by atoms with Crippen LogP contribution in [0, 0.1) is 6.92 Å². The second-order valence-electron chi connectivity index (χ2n) is 4.46. The Morgan fingerprint density at radius 2 is 2.06 bits per heavy atom. The molecule has 3 nitrogen and oxygen atoms in total. The first-order chi connectivity index (χ1) is 8.15. The largest absolute Gasteiger partial charge is 0.493 e. The smallest absolute Gasteiger partial charge is 0.124 e. The van der Waals surface area contributed by atoms with Gasteiger partial charge in [-0.15, -0.1) is 0 Å². The van der Waals surface area contributed by atoms with Crippen molar-refractivity contribution in [2.24, 2.45) is 5.73 Å². The lowest BCUT2D eigenvalue weighted by Gasteiger charge is -2.14. The third-order valence-electron chi connectivity index (χ3n) is 2.72. The highest BCUT2D eigenvalue weighted by Crippen LogP contribution is 2.25. The van der Waals surface area contributed by atoms with Crippen LogP contribution < -0.4 is 10.5 Å². The first-order valence-electron chi connectivity index (χ1n) is 6.25. The number of ether oxygens (including phenoxy) is 1. The third kappa shape index (κ3) is 4.75. The van der Waals surface area contributed by atoms with Crippen LogP contribution in [0.25, 0.3) is 0 Å². The standard InChI is InChI=1S/C14H23NO2/c1-11-6-7-14(13(10-11)12(2)15)17-9-5-3-4-8-16/h6-7,10,12,16H,3-5,8-9,15H2,1-2H3. The molecule has 0 fully saturated rings. The SMILES string of the molecule is Cc1ccc(OCCCCCO)c(C(C)N)c1. The second-order valence-corrected chi connectivity index (χ2v) is 4.46. The zero-order valence-electron chi connectivity index (χ0n) is 10.8. The molecule has 0 bridgehead atoms. The molecular weight excluding hydrogens is 214 g/mol. The molecule has 0 spiro atoms. The first kappa shape index (κ1) is 14.0. The minimum Gasteiger partial charge on any atom is -0.493 e. The summed E-state index contributed by atoms with van der Waals surface area (Å²) in [6.07, 6.45) is 2.81. The topological polar surface area (TPSA) is 55.5 Å². The highest BCUT2D eigenvalue weighted by molar-refractivity contribution is 5.38. The van der Waals surface area contributed by atoms with E-state index in [0.29, 0.717) is 6.61 Å². The molecule has 0 radical (unpaired) electrons. The molecule has 0 aliphatic heterocycles. The minimum atomic E-state index is -0.0117. The molecule has 1 rings (SSSR count). The maximum atomic E-state index is 8.67. The molecule has 1 atom stereocenters. The van der Waals surface area contributed by atoms with Gasteiger partial charge in [0, 0.05) is 18.2 Å². The van der Waals surface area contributed by atoms with E-state index in [1.54, 1.807) is 0 Å². The fraction of sp³-hybridized carbons (Fsp3) is 0.571. The number of unbranched alkanes of at least 4 members (excludes halogenated alkanes) is 2. The van der Waals surface area contributed by atoms with Crippen LogP contribution >= 0.6 is 0 Å². The number of hydrogen-bond acceptors (Lipinski definition) is 3. The first-order valence-corrected chi connectivity index (χ1v) is 6.25. The number of rotatable bonds is 7. The summed E-state index contributed by atoms with van der Waals surface area (Å²) in [7, 11) is 0. The van der Waals surface area contributed by atoms with Crippen LogP contribution in [0.1, 0.15) is 43.4 Å². The highest BCUT2D eigenvalue weighted by Gasteiger charge is 2.08. The minimum absolute atomic E-state index is 0.0117. The summed E-state index contributed by atoms with van der Waals surface area (Å²) in [5, 5.41) is 8.67. The van der Waals surface area contributed by atoms with Gasteiger partial charge in [0.2, 0.25) is 0 Å². The van der Waals surface area contributed by atoms with Gasteiger partial charge in [0.25, 0.3) is 0 Å². The zero-order chi connectivity index (χ0) is 12.7. The predicted octanol–water partition coefficient (Wildman–Crippen LogP) is 2.56. The van der Waals surface area contributed by atoms with Crippen molar-refractivity contribution in [2.45, 2.75) is 39.2 Å². The molecule has 0 aliphatic rings. The van der Waals surface area contributed by atoms with Gasteiger partial charge in [-0.25, -0.2) is 0 Å². The number of aliphatic hydroxyl groups excluding tert-OH is 1. The molecule has 0 saturated heterocycles. The van der Waals surface area contributed by atoms with Crippen molar-refractivity contribution >= 4 is 0 Å². The van der Waals surface area contributed by atoms with Crippen LogP contribution in [0.15, 0.2) is 18.2 Å². The molecule has 1 unspecified atom stereocenters. The lowest BCUT2D eigenvalue weighted by atomic mass is 10.1. The van der Waals surface area contributed by atoms with Crippen molar-refractivity contribution < 1.29 is 9.84 Å². The van der Waals surface area contributed by atoms with Crippen molar-refractivity contribution in [1.29, 1.82) is 0 Å². The van der Waals surface area contributed by atoms with Crippen molar-refractivity contribution in [2.75, 3.05) is 13.2 Å². The maximum Gasteiger partial charge on any atom is 0.124 e. The van der Waals surface area contributed by atoms with Crippen molar-refractivity contribution in [3.63, 3.8) is 0 Å². The van der Waals surface area contributed by atoms with Gasteiger partial charge in [-0.2, -0.15) is 0 Å². The Kier molecular flexibility index (Phi) is 6.01. The van der Waals surface area contributed by atoms with Gasteiger partial charge in [0.15, 0.2) is 0 Å². The predicted molar refractivity (Wildman–Crippen MR) is 70.2 cm³/mol. The van der Waals surface area contributed by atoms with Gasteiger partial charge in [-0.05, 0) is 39.2 Å². The summed E-state index contributed by atoms with van der Waals surface area (Å²) in [6.45, 7) is 4.96. The van der Waals surface area contributed by atoms with Crippen molar-refractivity contribution in [3.05, 3.63) is 29.3 Å². The Bertz CT molecular complexity index is 337. The van der Waals surface area contributed by atoms with E-state index in [0.717, 1.165) is 30.6 Å². The molecule has 96 valence electrons. The lowest BCUT2D eigenvalue weighted by molar-refractivity contribution is 0.265. The maximum absolute atomic E-state index is 8.67. The van der Waals surface area contributed by atoms with E-state index in [1.165, 1.54) is 5.56 Å². The number of benzene rings is 1. The number of aryl methyl sites for hydroxylation is 1. The fourth-order valence-corrected chi connectivity index (χ4v) is 1.73. The van der Waals surface area contributed by atoms with E-state index in [9.17, 15) is 0 Å². The summed E-state index contributed by atoms with van der Waals surface area (Å²) >= 11 is 0. The normalized spacial score (nSPS) is 12.5. The van der Waals surface area contributed by atoms with Crippen LogP contribution in [0.2, 0.25) is 0 Å². The van der Waals surface area contributed by atoms with Gasteiger partial charge in [-0.3, -0.25) is 0 Å². The molecule has 0 aliphatic carbocycles. The molecule has 1 aromatic carbocycles. The quantitative estimate of drug-likeness (QED) is 0.717. The van der Waals surface area contributed by atoms with Crippen molar-refractivity contribution in [1.82, 2.24) is 0 Å². The second kappa shape index (κ2) is 7.30. The fourth-order valence-electron chi connectivity index (χ4n) is 1.73. The van der Waals surface area contributed by atoms with Crippen LogP contribution in [-0.4, -0.2) is 18.3 Å². The average Bonchev–Trinajstić information content (AvgIpc) is 2.30. The van der Waals surface area contributed by atoms with E-state index < -0.39 is 0 Å². The van der Waals surface area contributed by atoms with Crippen molar-refractivity contribution in [3.8, 4) is 5.75 Å². The average molecular weight is 237 g/mol. The molecule has 3 N–H and O–H groups in total. The number of aliphatic hydroxyl groups is 1. The van der Waals surface area contributed by atoms with E-state index >= 15 is 0 Å². The zero-order valence-corrected chi connectivity index (χ0v) is 10.8. The Morgan fingerprint density at radius 3 is 2.71 bits per heavy atom. The van der Waals surface area contributed by atoms with E-state index in [2.05, 4.69) is 13.0 Å². The Balaban J connectivity index is 2.52. The monoisotopic (exact) mass is 237 g/mol. The summed E-state index contributed by atoms with van der Waals surface area (Å²) < 4.78 is 5.74. The highest BCUT2D eigenvalue weighted by atomic mass is 16.5. The Labute approximate surface area is 104 Å². The summed E-state index contributed by atoms with van der Waals surface area (Å²) in [6, 6.07) is 6.09. The van der Waals surface area contributed by atoms with Crippen LogP contribution in [0.3, 0.4) is 0 Å². The number of nitrogens with two attached hydrogens (primary N) is 1. The van der Waals surface area contributed by atoms with Gasteiger partial charge >= 0.3 is 0 Å². The van der Waals surface area contributed by atoms with Crippen LogP contribution in [0.5, 0.6) is 5.75 Å². The van der Waals surface area contributed by atoms with E-state index in [1.807, 2.05) is 19.1 Å². The molecule has 1 aromatic rings. The third-order valence-corrected chi connectivity index (χ3v) is 2.72. The van der Waals surface area contributed by atoms with Crippen LogP contribution in [-0.2, 0) is 0 Å².